The van der Waals surface area contributed by atoms with Gasteiger partial charge >= 0.3 is 0 Å². The van der Waals surface area contributed by atoms with Gasteiger partial charge in [-0.05, 0) is 24.6 Å². The van der Waals surface area contributed by atoms with E-state index in [2.05, 4.69) is 15.3 Å². The molecule has 1 heterocycles. The maximum atomic E-state index is 12.8. The molecular formula is C15H18ClFN4O3. The number of hydrogen-bond acceptors (Lipinski definition) is 6. The average Bonchev–Trinajstić information content (AvgIpc) is 2.49. The van der Waals surface area contributed by atoms with Gasteiger partial charge in [0.1, 0.15) is 11.6 Å². The van der Waals surface area contributed by atoms with E-state index in [0.29, 0.717) is 5.56 Å². The Kier molecular flexibility index (Phi) is 6.87. The molecule has 5 N–H and O–H groups in total. The van der Waals surface area contributed by atoms with E-state index in [1.165, 1.54) is 24.3 Å². The summed E-state index contributed by atoms with van der Waals surface area (Å²) in [6.07, 6.45) is 0.242. The molecule has 0 spiro atoms. The molecule has 0 aliphatic carbocycles. The maximum Gasteiger partial charge on any atom is 0.274 e. The Balaban J connectivity index is 0.00000288. The summed E-state index contributed by atoms with van der Waals surface area (Å²) in [5.41, 5.74) is 5.97. The summed E-state index contributed by atoms with van der Waals surface area (Å²) in [5, 5.41) is 21.9. The van der Waals surface area contributed by atoms with Crippen LogP contribution in [0.2, 0.25) is 0 Å². The Hall–Kier alpha value is -2.45. The molecule has 0 saturated carbocycles. The van der Waals surface area contributed by atoms with Crippen LogP contribution in [-0.2, 0) is 13.0 Å². The summed E-state index contributed by atoms with van der Waals surface area (Å²) in [5.74, 6) is -2.28. The third-order valence-corrected chi connectivity index (χ3v) is 3.00. The third-order valence-electron chi connectivity index (χ3n) is 3.00. The minimum absolute atomic E-state index is 0. The van der Waals surface area contributed by atoms with E-state index in [-0.39, 0.29) is 48.8 Å². The number of nitrogens with one attached hydrogen (secondary N) is 1. The van der Waals surface area contributed by atoms with Gasteiger partial charge in [-0.2, -0.15) is 4.98 Å². The Bertz CT molecular complexity index is 711. The van der Waals surface area contributed by atoms with Crippen LogP contribution in [-0.4, -0.2) is 32.1 Å². The number of carbonyl (C=O) groups is 1. The summed E-state index contributed by atoms with van der Waals surface area (Å²) in [7, 11) is 0. The van der Waals surface area contributed by atoms with Gasteiger partial charge in [-0.15, -0.1) is 12.4 Å². The molecule has 2 rings (SSSR count). The smallest absolute Gasteiger partial charge is 0.274 e. The molecule has 1 unspecified atom stereocenters. The number of nitrogens with two attached hydrogens (primary N) is 1. The standard InChI is InChI=1S/C15H17FN4O3.ClH/c1-8(17)6-11-19-12(13(21)15(23)20-11)14(22)18-7-9-2-4-10(16)5-3-9;/h2-5,8,21H,6-7,17H2,1H3,(H,18,22)(H,19,20,23);1H. The first-order valence-corrected chi connectivity index (χ1v) is 6.94. The highest BCUT2D eigenvalue weighted by Crippen LogP contribution is 2.25. The van der Waals surface area contributed by atoms with Crippen LogP contribution in [0.3, 0.4) is 0 Å². The number of rotatable bonds is 5. The van der Waals surface area contributed by atoms with Gasteiger partial charge in [0.15, 0.2) is 5.69 Å². The van der Waals surface area contributed by atoms with E-state index in [9.17, 15) is 19.4 Å². The van der Waals surface area contributed by atoms with Gasteiger partial charge < -0.3 is 21.3 Å². The van der Waals surface area contributed by atoms with Crippen molar-refractivity contribution in [3.8, 4) is 11.6 Å². The van der Waals surface area contributed by atoms with E-state index in [1.54, 1.807) is 6.92 Å². The van der Waals surface area contributed by atoms with Crippen molar-refractivity contribution < 1.29 is 19.4 Å². The maximum absolute atomic E-state index is 12.8. The Morgan fingerprint density at radius 3 is 2.50 bits per heavy atom. The van der Waals surface area contributed by atoms with Crippen LogP contribution >= 0.6 is 12.4 Å². The van der Waals surface area contributed by atoms with E-state index in [1.807, 2.05) is 0 Å². The van der Waals surface area contributed by atoms with Crippen molar-refractivity contribution >= 4 is 18.3 Å². The van der Waals surface area contributed by atoms with E-state index >= 15 is 0 Å². The lowest BCUT2D eigenvalue weighted by Gasteiger charge is -2.10. The summed E-state index contributed by atoms with van der Waals surface area (Å²) < 4.78 is 12.8. The molecule has 1 atom stereocenters. The Morgan fingerprint density at radius 1 is 1.29 bits per heavy atom. The molecule has 1 aromatic heterocycles. The fraction of sp³-hybridized carbons (Fsp3) is 0.267. The second-order valence-corrected chi connectivity index (χ2v) is 5.15. The molecule has 130 valence electrons. The molecule has 0 aliphatic rings. The van der Waals surface area contributed by atoms with Crippen LogP contribution in [0, 0.1) is 5.82 Å². The first-order valence-electron chi connectivity index (χ1n) is 6.94. The van der Waals surface area contributed by atoms with Gasteiger partial charge in [0, 0.05) is 19.0 Å². The third kappa shape index (κ3) is 5.04. The molecule has 0 saturated heterocycles. The molecule has 2 aromatic rings. The molecule has 0 aliphatic heterocycles. The summed E-state index contributed by atoms with van der Waals surface area (Å²) >= 11 is 0. The quantitative estimate of drug-likeness (QED) is 0.640. The summed E-state index contributed by atoms with van der Waals surface area (Å²) in [6.45, 7) is 1.84. The zero-order chi connectivity index (χ0) is 17.0. The Labute approximate surface area is 144 Å². The minimum Gasteiger partial charge on any atom is -0.501 e. The lowest BCUT2D eigenvalue weighted by Crippen LogP contribution is -2.25. The van der Waals surface area contributed by atoms with Crippen LogP contribution in [0.15, 0.2) is 24.3 Å². The number of amides is 1. The topological polar surface area (TPSA) is 121 Å². The molecule has 1 aromatic carbocycles. The number of benzene rings is 1. The van der Waals surface area contributed by atoms with E-state index in [4.69, 9.17) is 5.73 Å². The van der Waals surface area contributed by atoms with Gasteiger partial charge in [-0.1, -0.05) is 12.1 Å². The van der Waals surface area contributed by atoms with Crippen LogP contribution < -0.4 is 11.1 Å². The zero-order valence-electron chi connectivity index (χ0n) is 12.9. The SMILES string of the molecule is CC(N)Cc1nc(O)c(O)c(C(=O)NCc2ccc(F)cc2)n1.Cl. The van der Waals surface area contributed by atoms with Crippen molar-refractivity contribution in [3.63, 3.8) is 0 Å². The molecule has 0 fully saturated rings. The largest absolute Gasteiger partial charge is 0.501 e. The van der Waals surface area contributed by atoms with E-state index in [0.717, 1.165) is 0 Å². The van der Waals surface area contributed by atoms with Crippen LogP contribution in [0.1, 0.15) is 28.8 Å². The highest BCUT2D eigenvalue weighted by atomic mass is 35.5. The van der Waals surface area contributed by atoms with Crippen LogP contribution in [0.5, 0.6) is 11.6 Å². The normalized spacial score (nSPS) is 11.5. The number of hydrogen-bond donors (Lipinski definition) is 4. The monoisotopic (exact) mass is 356 g/mol. The van der Waals surface area contributed by atoms with Gasteiger partial charge in [0.25, 0.3) is 11.8 Å². The zero-order valence-corrected chi connectivity index (χ0v) is 13.7. The molecular weight excluding hydrogens is 339 g/mol. The van der Waals surface area contributed by atoms with Gasteiger partial charge in [0.05, 0.1) is 0 Å². The first kappa shape index (κ1) is 19.6. The van der Waals surface area contributed by atoms with Crippen molar-refractivity contribution in [2.24, 2.45) is 5.73 Å². The summed E-state index contributed by atoms with van der Waals surface area (Å²) in [6, 6.07) is 5.32. The second-order valence-electron chi connectivity index (χ2n) is 5.15. The first-order chi connectivity index (χ1) is 10.9. The van der Waals surface area contributed by atoms with Crippen LogP contribution in [0.25, 0.3) is 0 Å². The highest BCUT2D eigenvalue weighted by Gasteiger charge is 2.19. The average molecular weight is 357 g/mol. The number of halogens is 2. The lowest BCUT2D eigenvalue weighted by molar-refractivity contribution is 0.0941. The molecule has 24 heavy (non-hydrogen) atoms. The highest BCUT2D eigenvalue weighted by molar-refractivity contribution is 5.95. The number of aromatic nitrogens is 2. The predicted octanol–water partition coefficient (Wildman–Crippen LogP) is 1.27. The van der Waals surface area contributed by atoms with Crippen LogP contribution in [0.4, 0.5) is 4.39 Å². The van der Waals surface area contributed by atoms with Crippen molar-refractivity contribution in [2.75, 3.05) is 0 Å². The van der Waals surface area contributed by atoms with Crippen molar-refractivity contribution in [3.05, 3.63) is 47.2 Å². The molecule has 0 bridgehead atoms. The number of nitrogens with zero attached hydrogens (tertiary/aromatic N) is 2. The second kappa shape index (κ2) is 8.42. The van der Waals surface area contributed by atoms with Gasteiger partial charge in [-0.3, -0.25) is 4.79 Å². The molecule has 9 heteroatoms. The number of aromatic hydroxyl groups is 2. The van der Waals surface area contributed by atoms with Crippen molar-refractivity contribution in [1.82, 2.24) is 15.3 Å². The lowest BCUT2D eigenvalue weighted by atomic mass is 10.2. The fourth-order valence-electron chi connectivity index (χ4n) is 1.89. The van der Waals surface area contributed by atoms with Gasteiger partial charge in [-0.25, -0.2) is 9.37 Å². The van der Waals surface area contributed by atoms with E-state index < -0.39 is 17.5 Å². The van der Waals surface area contributed by atoms with Crippen molar-refractivity contribution in [2.45, 2.75) is 25.9 Å². The molecule has 1 amide bonds. The minimum atomic E-state index is -0.699. The van der Waals surface area contributed by atoms with Crippen molar-refractivity contribution in [1.29, 1.82) is 0 Å². The predicted molar refractivity (Wildman–Crippen MR) is 87.5 cm³/mol. The molecule has 0 radical (unpaired) electrons. The fourth-order valence-corrected chi connectivity index (χ4v) is 1.89. The number of carbonyl (C=O) groups excluding carboxylic acids is 1. The van der Waals surface area contributed by atoms with Gasteiger partial charge in [0.2, 0.25) is 5.75 Å². The Morgan fingerprint density at radius 2 is 1.92 bits per heavy atom. The molecule has 7 nitrogen and oxygen atoms in total. The summed E-state index contributed by atoms with van der Waals surface area (Å²) in [4.78, 5) is 19.7.